The van der Waals surface area contributed by atoms with Gasteiger partial charge in [0.1, 0.15) is 5.82 Å². The fourth-order valence-electron chi connectivity index (χ4n) is 5.21. The molecule has 7 heteroatoms. The monoisotopic (exact) mass is 402 g/mol. The van der Waals surface area contributed by atoms with E-state index in [9.17, 15) is 4.79 Å². The molecule has 0 radical (unpaired) electrons. The molecular formula is C23H26N6O. The average molecular weight is 403 g/mol. The summed E-state index contributed by atoms with van der Waals surface area (Å²) in [5.41, 5.74) is 7.06. The maximum atomic E-state index is 13.3. The molecule has 2 aromatic heterocycles. The van der Waals surface area contributed by atoms with Crippen LogP contribution in [0.15, 0.2) is 30.5 Å². The zero-order valence-electron chi connectivity index (χ0n) is 17.3. The van der Waals surface area contributed by atoms with Crippen molar-refractivity contribution >= 4 is 23.1 Å². The second-order valence-corrected chi connectivity index (χ2v) is 8.63. The van der Waals surface area contributed by atoms with Crippen LogP contribution in [0, 0.1) is 12.8 Å². The minimum Gasteiger partial charge on any atom is -0.354 e. The molecule has 7 nitrogen and oxygen atoms in total. The van der Waals surface area contributed by atoms with E-state index in [-0.39, 0.29) is 11.8 Å². The topological polar surface area (TPSA) is 65.8 Å². The van der Waals surface area contributed by atoms with Gasteiger partial charge in [-0.15, -0.1) is 0 Å². The molecule has 0 atom stereocenters. The molecule has 0 bridgehead atoms. The lowest BCUT2D eigenvalue weighted by Gasteiger charge is -2.42. The van der Waals surface area contributed by atoms with Gasteiger partial charge in [-0.1, -0.05) is 12.1 Å². The zero-order valence-corrected chi connectivity index (χ0v) is 17.3. The number of carbonyl (C=O) groups is 1. The highest BCUT2D eigenvalue weighted by Gasteiger charge is 2.40. The van der Waals surface area contributed by atoms with Gasteiger partial charge in [0.25, 0.3) is 0 Å². The molecule has 30 heavy (non-hydrogen) atoms. The van der Waals surface area contributed by atoms with Crippen molar-refractivity contribution in [3.05, 3.63) is 52.8 Å². The highest BCUT2D eigenvalue weighted by Crippen LogP contribution is 2.35. The number of fused-ring (bicyclic) bond motifs is 3. The summed E-state index contributed by atoms with van der Waals surface area (Å²) < 4.78 is 1.96. The van der Waals surface area contributed by atoms with Gasteiger partial charge in [-0.2, -0.15) is 9.61 Å². The number of hydrogen-bond acceptors (Lipinski definition) is 5. The zero-order chi connectivity index (χ0) is 20.2. The first-order valence-corrected chi connectivity index (χ1v) is 10.9. The van der Waals surface area contributed by atoms with Gasteiger partial charge in [0, 0.05) is 49.9 Å². The van der Waals surface area contributed by atoms with E-state index in [0.717, 1.165) is 69.1 Å². The van der Waals surface area contributed by atoms with Gasteiger partial charge in [-0.3, -0.25) is 4.79 Å². The largest absolute Gasteiger partial charge is 0.354 e. The maximum Gasteiger partial charge on any atom is 0.233 e. The lowest BCUT2D eigenvalue weighted by Crippen LogP contribution is -2.55. The summed E-state index contributed by atoms with van der Waals surface area (Å²) >= 11 is 0. The Morgan fingerprint density at radius 3 is 2.87 bits per heavy atom. The third-order valence-corrected chi connectivity index (χ3v) is 6.84. The predicted molar refractivity (Wildman–Crippen MR) is 116 cm³/mol. The van der Waals surface area contributed by atoms with Gasteiger partial charge in [0.15, 0.2) is 5.65 Å². The van der Waals surface area contributed by atoms with Gasteiger partial charge in [-0.25, -0.2) is 4.98 Å². The number of amides is 1. The Labute approximate surface area is 175 Å². The molecule has 0 aliphatic carbocycles. The molecule has 3 aliphatic heterocycles. The van der Waals surface area contributed by atoms with E-state index in [1.807, 2.05) is 21.7 Å². The first kappa shape index (κ1) is 17.9. The smallest absolute Gasteiger partial charge is 0.233 e. The molecule has 1 N–H and O–H groups in total. The van der Waals surface area contributed by atoms with Crippen LogP contribution in [0.1, 0.15) is 22.4 Å². The minimum absolute atomic E-state index is 0.0368. The first-order chi connectivity index (χ1) is 14.7. The quantitative estimate of drug-likeness (QED) is 0.708. The molecule has 1 saturated heterocycles. The Morgan fingerprint density at radius 2 is 1.97 bits per heavy atom. The van der Waals surface area contributed by atoms with Gasteiger partial charge < -0.3 is 15.1 Å². The Balaban J connectivity index is 1.27. The molecule has 0 spiro atoms. The standard InChI is InChI=1S/C23H26N6O/c1-15-3-2-4-20-17(15)8-12-28(20)23(30)16-13-27(14-16)22-18-5-9-24-10-6-19(18)26-21-7-11-25-29(21)22/h2-4,7,11,16,24H,5-6,8-10,12-14H2,1H3. The number of aromatic nitrogens is 3. The third-order valence-electron chi connectivity index (χ3n) is 6.84. The highest BCUT2D eigenvalue weighted by molar-refractivity contribution is 5.98. The lowest BCUT2D eigenvalue weighted by molar-refractivity contribution is -0.123. The van der Waals surface area contributed by atoms with Crippen LogP contribution in [0.2, 0.25) is 0 Å². The molecule has 1 aromatic carbocycles. The normalized spacial score (nSPS) is 18.8. The summed E-state index contributed by atoms with van der Waals surface area (Å²) in [6.45, 7) is 6.34. The Morgan fingerprint density at radius 1 is 1.10 bits per heavy atom. The second kappa shape index (κ2) is 6.80. The van der Waals surface area contributed by atoms with Crippen molar-refractivity contribution in [2.75, 3.05) is 42.5 Å². The highest BCUT2D eigenvalue weighted by atomic mass is 16.2. The lowest BCUT2D eigenvalue weighted by atomic mass is 9.96. The van der Waals surface area contributed by atoms with Crippen LogP contribution >= 0.6 is 0 Å². The molecule has 0 unspecified atom stereocenters. The molecule has 6 rings (SSSR count). The summed E-state index contributed by atoms with van der Waals surface area (Å²) in [5, 5.41) is 8.02. The number of carbonyl (C=O) groups excluding carboxylic acids is 1. The Kier molecular flexibility index (Phi) is 4.06. The van der Waals surface area contributed by atoms with Crippen LogP contribution in [0.3, 0.4) is 0 Å². The van der Waals surface area contributed by atoms with Gasteiger partial charge in [0.05, 0.1) is 17.8 Å². The molecule has 1 fully saturated rings. The molecule has 5 heterocycles. The summed E-state index contributed by atoms with van der Waals surface area (Å²) in [5.74, 6) is 1.43. The number of nitrogens with one attached hydrogen (secondary N) is 1. The van der Waals surface area contributed by atoms with E-state index in [1.54, 1.807) is 0 Å². The average Bonchev–Trinajstić information content (AvgIpc) is 3.28. The van der Waals surface area contributed by atoms with Crippen LogP contribution in [0.25, 0.3) is 5.65 Å². The Hall–Kier alpha value is -2.93. The van der Waals surface area contributed by atoms with Crippen LogP contribution in [-0.2, 0) is 24.1 Å². The van der Waals surface area contributed by atoms with E-state index in [1.165, 1.54) is 22.4 Å². The van der Waals surface area contributed by atoms with E-state index in [2.05, 4.69) is 40.4 Å². The summed E-state index contributed by atoms with van der Waals surface area (Å²) in [6.07, 6.45) is 4.66. The molecule has 3 aliphatic rings. The van der Waals surface area contributed by atoms with E-state index < -0.39 is 0 Å². The fraction of sp³-hybridized carbons (Fsp3) is 0.435. The van der Waals surface area contributed by atoms with Crippen LogP contribution in [0.5, 0.6) is 0 Å². The second-order valence-electron chi connectivity index (χ2n) is 8.63. The van der Waals surface area contributed by atoms with Crippen molar-refractivity contribution < 1.29 is 4.79 Å². The molecule has 0 saturated carbocycles. The number of nitrogens with zero attached hydrogens (tertiary/aromatic N) is 5. The SMILES string of the molecule is Cc1cccc2c1CCN2C(=O)C1CN(c2c3c(nc4ccnn24)CCNCC3)C1. The number of benzene rings is 1. The number of hydrogen-bond donors (Lipinski definition) is 1. The van der Waals surface area contributed by atoms with E-state index >= 15 is 0 Å². The van der Waals surface area contributed by atoms with Gasteiger partial charge in [0.2, 0.25) is 5.91 Å². The number of anilines is 2. The fourth-order valence-corrected chi connectivity index (χ4v) is 5.21. The van der Waals surface area contributed by atoms with Gasteiger partial charge in [-0.05, 0) is 43.5 Å². The summed E-state index contributed by atoms with van der Waals surface area (Å²) in [6, 6.07) is 8.25. The van der Waals surface area contributed by atoms with Gasteiger partial charge >= 0.3 is 0 Å². The molecule has 1 amide bonds. The number of aryl methyl sites for hydroxylation is 1. The van der Waals surface area contributed by atoms with E-state index in [0.29, 0.717) is 0 Å². The van der Waals surface area contributed by atoms with Crippen molar-refractivity contribution in [3.8, 4) is 0 Å². The summed E-state index contributed by atoms with van der Waals surface area (Å²) in [4.78, 5) is 22.5. The first-order valence-electron chi connectivity index (χ1n) is 10.9. The molecule has 3 aromatic rings. The Bertz CT molecular complexity index is 1150. The third kappa shape index (κ3) is 2.65. The molecular weight excluding hydrogens is 376 g/mol. The van der Waals surface area contributed by atoms with Crippen LogP contribution < -0.4 is 15.1 Å². The van der Waals surface area contributed by atoms with Crippen LogP contribution in [-0.4, -0.2) is 53.2 Å². The van der Waals surface area contributed by atoms with Crippen molar-refractivity contribution in [1.29, 1.82) is 0 Å². The van der Waals surface area contributed by atoms with Crippen molar-refractivity contribution in [2.24, 2.45) is 5.92 Å². The van der Waals surface area contributed by atoms with E-state index in [4.69, 9.17) is 4.98 Å². The molecule has 154 valence electrons. The maximum absolute atomic E-state index is 13.3. The summed E-state index contributed by atoms with van der Waals surface area (Å²) in [7, 11) is 0. The number of rotatable bonds is 2. The van der Waals surface area contributed by atoms with Crippen molar-refractivity contribution in [1.82, 2.24) is 19.9 Å². The van der Waals surface area contributed by atoms with Crippen molar-refractivity contribution in [3.63, 3.8) is 0 Å². The minimum atomic E-state index is 0.0368. The van der Waals surface area contributed by atoms with Crippen LogP contribution in [0.4, 0.5) is 11.5 Å². The van der Waals surface area contributed by atoms with Crippen molar-refractivity contribution in [2.45, 2.75) is 26.2 Å². The predicted octanol–water partition coefficient (Wildman–Crippen LogP) is 1.75.